The molecule has 25 heavy (non-hydrogen) atoms. The van der Waals surface area contributed by atoms with Crippen LogP contribution in [0.4, 0.5) is 11.6 Å². The fourth-order valence-corrected chi connectivity index (χ4v) is 2.98. The molecule has 7 nitrogen and oxygen atoms in total. The lowest BCUT2D eigenvalue weighted by Gasteiger charge is -2.25. The van der Waals surface area contributed by atoms with Crippen LogP contribution in [0.15, 0.2) is 34.9 Å². The van der Waals surface area contributed by atoms with E-state index < -0.39 is 0 Å². The summed E-state index contributed by atoms with van der Waals surface area (Å²) in [5, 5.41) is 11.6. The van der Waals surface area contributed by atoms with E-state index in [1.807, 2.05) is 31.2 Å². The molecule has 0 spiro atoms. The topological polar surface area (TPSA) is 88.9 Å². The number of H-pyrrole nitrogens is 1. The van der Waals surface area contributed by atoms with Crippen molar-refractivity contribution in [3.63, 3.8) is 0 Å². The summed E-state index contributed by atoms with van der Waals surface area (Å²) in [6, 6.07) is 7.82. The second-order valence-corrected chi connectivity index (χ2v) is 6.35. The summed E-state index contributed by atoms with van der Waals surface area (Å²) in [5.41, 5.74) is 4.16. The summed E-state index contributed by atoms with van der Waals surface area (Å²) < 4.78 is 11.5. The van der Waals surface area contributed by atoms with Crippen LogP contribution in [0.5, 0.6) is 5.88 Å². The molecule has 1 fully saturated rings. The summed E-state index contributed by atoms with van der Waals surface area (Å²) in [5.74, 6) is 0.986. The molecule has 3 heterocycles. The van der Waals surface area contributed by atoms with Gasteiger partial charge >= 0.3 is 0 Å². The van der Waals surface area contributed by atoms with Gasteiger partial charge in [0.25, 0.3) is 5.88 Å². The lowest BCUT2D eigenvalue weighted by molar-refractivity contribution is 0.115. The zero-order chi connectivity index (χ0) is 16.8. The van der Waals surface area contributed by atoms with Crippen LogP contribution < -0.4 is 10.1 Å². The third-order valence-corrected chi connectivity index (χ3v) is 4.61. The number of rotatable bonds is 4. The first-order valence-corrected chi connectivity index (χ1v) is 8.40. The fourth-order valence-electron chi connectivity index (χ4n) is 2.98. The average Bonchev–Trinajstić information content (AvgIpc) is 3.18. The van der Waals surface area contributed by atoms with Crippen LogP contribution in [-0.4, -0.2) is 26.3 Å². The maximum Gasteiger partial charge on any atom is 0.263 e. The third kappa shape index (κ3) is 2.48. The summed E-state index contributed by atoms with van der Waals surface area (Å²) in [7, 11) is 0. The van der Waals surface area contributed by atoms with Gasteiger partial charge in [-0.25, -0.2) is 4.98 Å². The minimum atomic E-state index is 0.223. The zero-order valence-corrected chi connectivity index (χ0v) is 13.7. The van der Waals surface area contributed by atoms with E-state index in [0.717, 1.165) is 40.6 Å². The van der Waals surface area contributed by atoms with Crippen LogP contribution >= 0.6 is 0 Å². The molecule has 3 aromatic heterocycles. The molecule has 126 valence electrons. The maximum absolute atomic E-state index is 5.97. The molecule has 4 aromatic rings. The van der Waals surface area contributed by atoms with Gasteiger partial charge in [0.15, 0.2) is 0 Å². The first-order chi connectivity index (χ1) is 12.3. The molecule has 2 N–H and O–H groups in total. The summed E-state index contributed by atoms with van der Waals surface area (Å²) in [6.07, 6.45) is 5.15. The smallest absolute Gasteiger partial charge is 0.263 e. The Morgan fingerprint density at radius 1 is 1.24 bits per heavy atom. The fraction of sp³-hybridized carbons (Fsp3) is 0.278. The number of anilines is 2. The molecular formula is C18H17N5O2. The highest BCUT2D eigenvalue weighted by atomic mass is 16.5. The average molecular weight is 335 g/mol. The van der Waals surface area contributed by atoms with Gasteiger partial charge in [0.05, 0.1) is 17.5 Å². The Bertz CT molecular complexity index is 1060. The summed E-state index contributed by atoms with van der Waals surface area (Å²) in [6.45, 7) is 1.98. The largest absolute Gasteiger partial charge is 0.472 e. The Hall–Kier alpha value is -3.09. The highest BCUT2D eigenvalue weighted by Crippen LogP contribution is 2.31. The van der Waals surface area contributed by atoms with Gasteiger partial charge in [0.1, 0.15) is 11.6 Å². The van der Waals surface area contributed by atoms with Crippen LogP contribution in [0, 0.1) is 6.92 Å². The van der Waals surface area contributed by atoms with Crippen molar-refractivity contribution in [2.24, 2.45) is 0 Å². The van der Waals surface area contributed by atoms with Gasteiger partial charge in [0, 0.05) is 17.1 Å². The van der Waals surface area contributed by atoms with Crippen molar-refractivity contribution in [3.05, 3.63) is 36.2 Å². The van der Waals surface area contributed by atoms with E-state index in [0.29, 0.717) is 17.4 Å². The molecular weight excluding hydrogens is 318 g/mol. The molecule has 7 heteroatoms. The van der Waals surface area contributed by atoms with E-state index in [1.54, 1.807) is 6.26 Å². The van der Waals surface area contributed by atoms with Gasteiger partial charge in [-0.1, -0.05) is 0 Å². The first kappa shape index (κ1) is 14.3. The van der Waals surface area contributed by atoms with Crippen molar-refractivity contribution in [2.75, 3.05) is 5.32 Å². The van der Waals surface area contributed by atoms with Crippen molar-refractivity contribution in [3.8, 4) is 5.88 Å². The van der Waals surface area contributed by atoms with Gasteiger partial charge in [-0.05, 0) is 44.4 Å². The van der Waals surface area contributed by atoms with E-state index >= 15 is 0 Å². The number of furan rings is 1. The number of hydrogen-bond acceptors (Lipinski definition) is 6. The zero-order valence-electron chi connectivity index (χ0n) is 13.7. The number of ether oxygens (including phenoxy) is 1. The van der Waals surface area contributed by atoms with Gasteiger partial charge in [-0.15, -0.1) is 0 Å². The Balaban J connectivity index is 1.50. The molecule has 0 unspecified atom stereocenters. The highest BCUT2D eigenvalue weighted by molar-refractivity contribution is 5.85. The van der Waals surface area contributed by atoms with Crippen molar-refractivity contribution in [1.82, 2.24) is 20.2 Å². The summed E-state index contributed by atoms with van der Waals surface area (Å²) in [4.78, 5) is 9.02. The van der Waals surface area contributed by atoms with Gasteiger partial charge < -0.3 is 14.5 Å². The van der Waals surface area contributed by atoms with Crippen LogP contribution in [0.25, 0.3) is 22.0 Å². The Labute approximate surface area is 143 Å². The third-order valence-electron chi connectivity index (χ3n) is 4.61. The van der Waals surface area contributed by atoms with E-state index in [-0.39, 0.29) is 6.10 Å². The number of aromatic nitrogens is 4. The normalized spacial score (nSPS) is 14.8. The van der Waals surface area contributed by atoms with Gasteiger partial charge in [-0.3, -0.25) is 5.10 Å². The quantitative estimate of drug-likeness (QED) is 0.584. The van der Waals surface area contributed by atoms with E-state index in [4.69, 9.17) is 9.15 Å². The lowest BCUT2D eigenvalue weighted by atomic mass is 9.96. The van der Waals surface area contributed by atoms with Crippen molar-refractivity contribution < 1.29 is 9.15 Å². The van der Waals surface area contributed by atoms with Crippen LogP contribution in [0.1, 0.15) is 25.0 Å². The number of fused-ring (bicyclic) bond motifs is 2. The Morgan fingerprint density at radius 2 is 2.16 bits per heavy atom. The Morgan fingerprint density at radius 3 is 3.00 bits per heavy atom. The lowest BCUT2D eigenvalue weighted by Crippen LogP contribution is -2.25. The predicted molar refractivity (Wildman–Crippen MR) is 94.2 cm³/mol. The summed E-state index contributed by atoms with van der Waals surface area (Å²) >= 11 is 0. The second kappa shape index (κ2) is 5.47. The number of aryl methyl sites for hydroxylation is 1. The minimum Gasteiger partial charge on any atom is -0.472 e. The minimum absolute atomic E-state index is 0.223. The number of benzene rings is 1. The molecule has 1 aliphatic carbocycles. The molecule has 0 atom stereocenters. The van der Waals surface area contributed by atoms with E-state index in [9.17, 15) is 0 Å². The molecule has 1 aliphatic rings. The van der Waals surface area contributed by atoms with Crippen molar-refractivity contribution in [1.29, 1.82) is 0 Å². The number of hydrogen-bond donors (Lipinski definition) is 2. The predicted octanol–water partition coefficient (Wildman–Crippen LogP) is 4.08. The molecule has 5 rings (SSSR count). The maximum atomic E-state index is 5.97. The van der Waals surface area contributed by atoms with Crippen LogP contribution in [0.2, 0.25) is 0 Å². The molecule has 1 aromatic carbocycles. The van der Waals surface area contributed by atoms with Gasteiger partial charge in [-0.2, -0.15) is 10.1 Å². The molecule has 0 radical (unpaired) electrons. The van der Waals surface area contributed by atoms with E-state index in [1.165, 1.54) is 6.42 Å². The number of nitrogens with zero attached hydrogens (tertiary/aromatic N) is 3. The monoisotopic (exact) mass is 335 g/mol. The van der Waals surface area contributed by atoms with Crippen LogP contribution in [0.3, 0.4) is 0 Å². The van der Waals surface area contributed by atoms with E-state index in [2.05, 4.69) is 25.5 Å². The molecule has 0 saturated heterocycles. The second-order valence-electron chi connectivity index (χ2n) is 6.35. The van der Waals surface area contributed by atoms with Gasteiger partial charge in [0.2, 0.25) is 11.5 Å². The number of nitrogens with one attached hydrogen (secondary N) is 2. The van der Waals surface area contributed by atoms with Crippen molar-refractivity contribution >= 4 is 33.6 Å². The number of aromatic amines is 1. The highest BCUT2D eigenvalue weighted by Gasteiger charge is 2.22. The molecule has 0 amide bonds. The first-order valence-electron chi connectivity index (χ1n) is 8.40. The SMILES string of the molecule is Cc1n[nH]c2cc(Nc3nc(OC4CCC4)c4occc4n3)ccc12. The Kier molecular flexibility index (Phi) is 3.12. The molecule has 0 bridgehead atoms. The van der Waals surface area contributed by atoms with Crippen molar-refractivity contribution in [2.45, 2.75) is 32.3 Å². The van der Waals surface area contributed by atoms with Crippen LogP contribution in [-0.2, 0) is 0 Å². The standard InChI is InChI=1S/C18H17N5O2/c1-10-13-6-5-11(9-15(13)23-22-10)19-18-20-14-7-8-24-16(14)17(21-18)25-12-3-2-4-12/h5-9,12H,2-4H2,1H3,(H,22,23)(H,19,20,21). The molecule has 0 aliphatic heterocycles. The molecule has 1 saturated carbocycles.